The van der Waals surface area contributed by atoms with E-state index in [2.05, 4.69) is 20.7 Å². The predicted molar refractivity (Wildman–Crippen MR) is 91.3 cm³/mol. The fourth-order valence-corrected chi connectivity index (χ4v) is 2.45. The van der Waals surface area contributed by atoms with Crippen LogP contribution in [0.1, 0.15) is 16.7 Å². The largest absolute Gasteiger partial charge is 0.416 e. The van der Waals surface area contributed by atoms with E-state index >= 15 is 0 Å². The molecule has 9 heteroatoms. The zero-order valence-corrected chi connectivity index (χ0v) is 14.4. The second-order valence-corrected chi connectivity index (χ2v) is 5.93. The fourth-order valence-electron chi connectivity index (χ4n) is 2.45. The van der Waals surface area contributed by atoms with Gasteiger partial charge in [-0.05, 0) is 35.4 Å². The Labute approximate surface area is 153 Å². The number of aryl methyl sites for hydroxylation is 1. The number of tetrazole rings is 1. The van der Waals surface area contributed by atoms with Crippen molar-refractivity contribution in [3.8, 4) is 11.4 Å². The molecule has 6 nitrogen and oxygen atoms in total. The van der Waals surface area contributed by atoms with E-state index in [1.807, 2.05) is 31.2 Å². The van der Waals surface area contributed by atoms with Crippen LogP contribution in [-0.4, -0.2) is 26.1 Å². The molecule has 0 saturated carbocycles. The predicted octanol–water partition coefficient (Wildman–Crippen LogP) is 2.98. The Morgan fingerprint density at radius 3 is 2.67 bits per heavy atom. The quantitative estimate of drug-likeness (QED) is 0.744. The van der Waals surface area contributed by atoms with Crippen molar-refractivity contribution in [1.82, 2.24) is 25.5 Å². The normalized spacial score (nSPS) is 11.4. The molecule has 0 unspecified atom stereocenters. The summed E-state index contributed by atoms with van der Waals surface area (Å²) in [6.07, 6.45) is -4.46. The molecule has 0 atom stereocenters. The van der Waals surface area contributed by atoms with Crippen molar-refractivity contribution in [2.75, 3.05) is 0 Å². The molecule has 1 aromatic heterocycles. The number of benzene rings is 2. The Hall–Kier alpha value is -3.23. The van der Waals surface area contributed by atoms with Crippen LogP contribution in [0.5, 0.6) is 0 Å². The van der Waals surface area contributed by atoms with E-state index < -0.39 is 11.7 Å². The molecule has 0 aliphatic heterocycles. The third kappa shape index (κ3) is 4.69. The minimum absolute atomic E-state index is 0.0211. The summed E-state index contributed by atoms with van der Waals surface area (Å²) in [5.74, 6) is -0.306. The number of hydrogen-bond acceptors (Lipinski definition) is 4. The van der Waals surface area contributed by atoms with Crippen LogP contribution < -0.4 is 5.32 Å². The number of hydrogen-bond donors (Lipinski definition) is 1. The Balaban J connectivity index is 1.64. The second-order valence-electron chi connectivity index (χ2n) is 5.93. The molecule has 2 aromatic carbocycles. The van der Waals surface area contributed by atoms with Gasteiger partial charge in [0.1, 0.15) is 6.54 Å². The van der Waals surface area contributed by atoms with Crippen molar-refractivity contribution in [2.24, 2.45) is 0 Å². The molecule has 1 N–H and O–H groups in total. The highest BCUT2D eigenvalue weighted by atomic mass is 19.4. The van der Waals surface area contributed by atoms with Crippen molar-refractivity contribution in [3.05, 3.63) is 65.2 Å². The Kier molecular flexibility index (Phi) is 5.20. The Morgan fingerprint density at radius 2 is 1.93 bits per heavy atom. The van der Waals surface area contributed by atoms with Gasteiger partial charge in [0.2, 0.25) is 11.7 Å². The van der Waals surface area contributed by atoms with Crippen LogP contribution in [0.15, 0.2) is 48.5 Å². The van der Waals surface area contributed by atoms with Crippen LogP contribution in [-0.2, 0) is 24.1 Å². The number of amides is 1. The van der Waals surface area contributed by atoms with Gasteiger partial charge in [0.05, 0.1) is 5.56 Å². The number of halogens is 3. The first-order valence-electron chi connectivity index (χ1n) is 8.09. The maximum Gasteiger partial charge on any atom is 0.416 e. The summed E-state index contributed by atoms with van der Waals surface area (Å²) < 4.78 is 38.4. The maximum absolute atomic E-state index is 12.8. The monoisotopic (exact) mass is 375 g/mol. The minimum atomic E-state index is -4.46. The molecule has 1 heterocycles. The van der Waals surface area contributed by atoms with Gasteiger partial charge in [0.15, 0.2) is 0 Å². The van der Waals surface area contributed by atoms with Gasteiger partial charge in [0, 0.05) is 12.1 Å². The number of carbonyl (C=O) groups excluding carboxylic acids is 1. The summed E-state index contributed by atoms with van der Waals surface area (Å²) in [4.78, 5) is 13.1. The summed E-state index contributed by atoms with van der Waals surface area (Å²) >= 11 is 0. The zero-order valence-electron chi connectivity index (χ0n) is 14.4. The van der Waals surface area contributed by atoms with Crippen molar-refractivity contribution in [3.63, 3.8) is 0 Å². The number of rotatable bonds is 5. The molecule has 3 aromatic rings. The van der Waals surface area contributed by atoms with Crippen molar-refractivity contribution < 1.29 is 18.0 Å². The van der Waals surface area contributed by atoms with E-state index in [9.17, 15) is 18.0 Å². The third-order valence-electron chi connectivity index (χ3n) is 3.92. The van der Waals surface area contributed by atoms with Gasteiger partial charge in [-0.25, -0.2) is 0 Å². The number of aromatic nitrogens is 4. The van der Waals surface area contributed by atoms with Crippen LogP contribution in [0.2, 0.25) is 0 Å². The molecule has 1 amide bonds. The van der Waals surface area contributed by atoms with Gasteiger partial charge in [-0.1, -0.05) is 36.4 Å². The second kappa shape index (κ2) is 7.56. The maximum atomic E-state index is 12.8. The number of carbonyl (C=O) groups is 1. The highest BCUT2D eigenvalue weighted by Gasteiger charge is 2.30. The molecular weight excluding hydrogens is 359 g/mol. The molecule has 0 bridgehead atoms. The standard InChI is InChI=1S/C18H16F3N5O/c1-12-5-2-3-6-14(12)10-22-16(27)11-26-24-17(23-25-26)13-7-4-8-15(9-13)18(19,20)21/h2-9H,10-11H2,1H3,(H,22,27). The first-order chi connectivity index (χ1) is 12.8. The number of nitrogens with one attached hydrogen (secondary N) is 1. The lowest BCUT2D eigenvalue weighted by Gasteiger charge is -2.07. The lowest BCUT2D eigenvalue weighted by molar-refractivity contribution is -0.137. The van der Waals surface area contributed by atoms with Gasteiger partial charge in [-0.15, -0.1) is 10.2 Å². The van der Waals surface area contributed by atoms with Crippen molar-refractivity contribution >= 4 is 5.91 Å². The molecule has 0 fully saturated rings. The van der Waals surface area contributed by atoms with E-state index in [0.717, 1.165) is 28.1 Å². The smallest absolute Gasteiger partial charge is 0.350 e. The summed E-state index contributed by atoms with van der Waals surface area (Å²) in [5.41, 5.74) is 1.43. The third-order valence-corrected chi connectivity index (χ3v) is 3.92. The highest BCUT2D eigenvalue weighted by molar-refractivity contribution is 5.75. The summed E-state index contributed by atoms with van der Waals surface area (Å²) in [6, 6.07) is 12.3. The van der Waals surface area contributed by atoms with E-state index in [4.69, 9.17) is 0 Å². The van der Waals surface area contributed by atoms with Crippen LogP contribution in [0.25, 0.3) is 11.4 Å². The molecule has 0 spiro atoms. The number of nitrogens with zero attached hydrogens (tertiary/aromatic N) is 4. The summed E-state index contributed by atoms with van der Waals surface area (Å²) in [6.45, 7) is 2.13. The SMILES string of the molecule is Cc1ccccc1CNC(=O)Cn1nnc(-c2cccc(C(F)(F)F)c2)n1. The molecule has 0 radical (unpaired) electrons. The minimum Gasteiger partial charge on any atom is -0.350 e. The van der Waals surface area contributed by atoms with Crippen LogP contribution in [0.4, 0.5) is 13.2 Å². The van der Waals surface area contributed by atoms with E-state index in [1.165, 1.54) is 12.1 Å². The average molecular weight is 375 g/mol. The lowest BCUT2D eigenvalue weighted by Crippen LogP contribution is -2.28. The van der Waals surface area contributed by atoms with E-state index in [-0.39, 0.29) is 23.8 Å². The molecule has 27 heavy (non-hydrogen) atoms. The number of alkyl halides is 3. The fraction of sp³-hybridized carbons (Fsp3) is 0.222. The topological polar surface area (TPSA) is 72.7 Å². The van der Waals surface area contributed by atoms with Gasteiger partial charge in [-0.3, -0.25) is 4.79 Å². The Morgan fingerprint density at radius 1 is 1.15 bits per heavy atom. The summed E-state index contributed by atoms with van der Waals surface area (Å²) in [7, 11) is 0. The average Bonchev–Trinajstić information content (AvgIpc) is 3.09. The van der Waals surface area contributed by atoms with Gasteiger partial charge in [-0.2, -0.15) is 18.0 Å². The van der Waals surface area contributed by atoms with E-state index in [0.29, 0.717) is 6.54 Å². The molecular formula is C18H16F3N5O. The molecule has 0 saturated heterocycles. The first-order valence-corrected chi connectivity index (χ1v) is 8.09. The van der Waals surface area contributed by atoms with Crippen LogP contribution in [0, 0.1) is 6.92 Å². The van der Waals surface area contributed by atoms with Gasteiger partial charge in [0.25, 0.3) is 0 Å². The highest BCUT2D eigenvalue weighted by Crippen LogP contribution is 2.31. The van der Waals surface area contributed by atoms with Crippen molar-refractivity contribution in [1.29, 1.82) is 0 Å². The summed E-state index contributed by atoms with van der Waals surface area (Å²) in [5, 5.41) is 14.2. The lowest BCUT2D eigenvalue weighted by atomic mass is 10.1. The molecule has 3 rings (SSSR count). The molecule has 140 valence electrons. The first kappa shape index (κ1) is 18.6. The molecule has 0 aliphatic rings. The van der Waals surface area contributed by atoms with Crippen molar-refractivity contribution in [2.45, 2.75) is 26.2 Å². The van der Waals surface area contributed by atoms with E-state index in [1.54, 1.807) is 0 Å². The van der Waals surface area contributed by atoms with Crippen LogP contribution >= 0.6 is 0 Å². The van der Waals surface area contributed by atoms with Gasteiger partial charge < -0.3 is 5.32 Å². The van der Waals surface area contributed by atoms with Crippen LogP contribution in [0.3, 0.4) is 0 Å². The van der Waals surface area contributed by atoms with Gasteiger partial charge >= 0.3 is 6.18 Å². The zero-order chi connectivity index (χ0) is 19.4. The Bertz CT molecular complexity index is 952. The molecule has 0 aliphatic carbocycles.